The Balaban J connectivity index is 2.24. The van der Waals surface area contributed by atoms with Gasteiger partial charge in [0.1, 0.15) is 11.5 Å². The summed E-state index contributed by atoms with van der Waals surface area (Å²) in [4.78, 5) is 0. The van der Waals surface area contributed by atoms with E-state index in [0.717, 1.165) is 36.3 Å². The van der Waals surface area contributed by atoms with Crippen molar-refractivity contribution in [2.45, 2.75) is 19.3 Å². The number of fused-ring (bicyclic) bond motifs is 1. The Hall–Kier alpha value is -2.17. The second kappa shape index (κ2) is 4.50. The van der Waals surface area contributed by atoms with Gasteiger partial charge in [-0.1, -0.05) is 5.16 Å². The number of nitrogens with two attached hydrogens (primary N) is 1. The van der Waals surface area contributed by atoms with Gasteiger partial charge in [-0.3, -0.25) is 0 Å². The van der Waals surface area contributed by atoms with Crippen molar-refractivity contribution in [3.8, 4) is 22.8 Å². The Morgan fingerprint density at radius 3 is 2.58 bits per heavy atom. The van der Waals surface area contributed by atoms with Crippen LogP contribution in [0.15, 0.2) is 16.7 Å². The van der Waals surface area contributed by atoms with E-state index in [0.29, 0.717) is 11.6 Å². The lowest BCUT2D eigenvalue weighted by Crippen LogP contribution is -1.98. The fraction of sp³-hybridized carbons (Fsp3) is 0.357. The number of anilines is 1. The standard InChI is InChI=1S/C14H16N2O3/c1-17-11-6-10(12-7-13(15)16-19-12)14(18-2)9-5-3-4-8(9)11/h6-7H,3-5H2,1-2H3,(H2,15,16). The van der Waals surface area contributed by atoms with Crippen LogP contribution in [0.1, 0.15) is 17.5 Å². The molecule has 0 amide bonds. The van der Waals surface area contributed by atoms with E-state index in [1.165, 1.54) is 11.1 Å². The predicted octanol–water partition coefficient (Wildman–Crippen LogP) is 2.43. The molecule has 1 aromatic carbocycles. The topological polar surface area (TPSA) is 70.5 Å². The highest BCUT2D eigenvalue weighted by molar-refractivity contribution is 5.74. The Morgan fingerprint density at radius 2 is 1.95 bits per heavy atom. The second-order valence-corrected chi connectivity index (χ2v) is 4.59. The van der Waals surface area contributed by atoms with Gasteiger partial charge in [-0.05, 0) is 25.3 Å². The van der Waals surface area contributed by atoms with Crippen molar-refractivity contribution < 1.29 is 14.0 Å². The number of hydrogen-bond donors (Lipinski definition) is 1. The third-order valence-electron chi connectivity index (χ3n) is 3.53. The number of aromatic nitrogens is 1. The number of ether oxygens (including phenoxy) is 2. The summed E-state index contributed by atoms with van der Waals surface area (Å²) in [5.41, 5.74) is 8.88. The maximum absolute atomic E-state index is 5.61. The third-order valence-corrected chi connectivity index (χ3v) is 3.53. The molecule has 0 bridgehead atoms. The van der Waals surface area contributed by atoms with Crippen molar-refractivity contribution in [1.82, 2.24) is 5.16 Å². The lowest BCUT2D eigenvalue weighted by Gasteiger charge is -2.15. The van der Waals surface area contributed by atoms with Crippen molar-refractivity contribution in [2.24, 2.45) is 0 Å². The molecule has 1 heterocycles. The Labute approximate surface area is 111 Å². The van der Waals surface area contributed by atoms with Gasteiger partial charge in [-0.15, -0.1) is 0 Å². The third kappa shape index (κ3) is 1.82. The predicted molar refractivity (Wildman–Crippen MR) is 71.5 cm³/mol. The van der Waals surface area contributed by atoms with E-state index < -0.39 is 0 Å². The van der Waals surface area contributed by atoms with Gasteiger partial charge in [0.25, 0.3) is 0 Å². The Morgan fingerprint density at radius 1 is 1.16 bits per heavy atom. The minimum absolute atomic E-state index is 0.358. The van der Waals surface area contributed by atoms with Gasteiger partial charge in [0.05, 0.1) is 19.8 Å². The molecule has 0 radical (unpaired) electrons. The van der Waals surface area contributed by atoms with Crippen LogP contribution < -0.4 is 15.2 Å². The molecule has 5 heteroatoms. The number of methoxy groups -OCH3 is 2. The Kier molecular flexibility index (Phi) is 2.81. The minimum Gasteiger partial charge on any atom is -0.496 e. The van der Waals surface area contributed by atoms with Gasteiger partial charge >= 0.3 is 0 Å². The fourth-order valence-corrected chi connectivity index (χ4v) is 2.73. The zero-order valence-corrected chi connectivity index (χ0v) is 11.0. The van der Waals surface area contributed by atoms with Crippen LogP contribution in [0.2, 0.25) is 0 Å². The summed E-state index contributed by atoms with van der Waals surface area (Å²) in [6.45, 7) is 0. The molecular formula is C14H16N2O3. The fourth-order valence-electron chi connectivity index (χ4n) is 2.73. The zero-order chi connectivity index (χ0) is 13.4. The first kappa shape index (κ1) is 11.9. The van der Waals surface area contributed by atoms with Crippen LogP contribution in [0.5, 0.6) is 11.5 Å². The number of rotatable bonds is 3. The first-order chi connectivity index (χ1) is 9.24. The quantitative estimate of drug-likeness (QED) is 0.917. The first-order valence-electron chi connectivity index (χ1n) is 6.24. The van der Waals surface area contributed by atoms with Crippen molar-refractivity contribution in [2.75, 3.05) is 20.0 Å². The van der Waals surface area contributed by atoms with Crippen LogP contribution in [0.25, 0.3) is 11.3 Å². The van der Waals surface area contributed by atoms with Crippen LogP contribution in [0.3, 0.4) is 0 Å². The molecule has 0 saturated heterocycles. The molecule has 3 rings (SSSR count). The van der Waals surface area contributed by atoms with Gasteiger partial charge < -0.3 is 19.7 Å². The number of hydrogen-bond acceptors (Lipinski definition) is 5. The van der Waals surface area contributed by atoms with Crippen molar-refractivity contribution in [3.63, 3.8) is 0 Å². The molecule has 0 unspecified atom stereocenters. The largest absolute Gasteiger partial charge is 0.496 e. The molecule has 100 valence electrons. The highest BCUT2D eigenvalue weighted by atomic mass is 16.5. The summed E-state index contributed by atoms with van der Waals surface area (Å²) < 4.78 is 16.3. The van der Waals surface area contributed by atoms with E-state index in [1.807, 2.05) is 6.07 Å². The summed E-state index contributed by atoms with van der Waals surface area (Å²) in [7, 11) is 3.35. The Bertz CT molecular complexity index is 619. The average Bonchev–Trinajstić information content (AvgIpc) is 3.05. The molecule has 5 nitrogen and oxygen atoms in total. The van der Waals surface area contributed by atoms with E-state index in [9.17, 15) is 0 Å². The molecule has 0 atom stereocenters. The molecule has 1 aromatic heterocycles. The summed E-state index contributed by atoms with van der Waals surface area (Å²) in [6.07, 6.45) is 3.13. The van der Waals surface area contributed by atoms with Gasteiger partial charge in [0, 0.05) is 17.2 Å². The summed E-state index contributed by atoms with van der Waals surface area (Å²) in [5, 5.41) is 3.72. The van der Waals surface area contributed by atoms with E-state index in [2.05, 4.69) is 5.16 Å². The molecule has 0 aliphatic heterocycles. The molecule has 0 fully saturated rings. The molecule has 1 aliphatic carbocycles. The lowest BCUT2D eigenvalue weighted by atomic mass is 10.0. The maximum Gasteiger partial charge on any atom is 0.172 e. The minimum atomic E-state index is 0.358. The average molecular weight is 260 g/mol. The lowest BCUT2D eigenvalue weighted by molar-refractivity contribution is 0.393. The molecule has 19 heavy (non-hydrogen) atoms. The van der Waals surface area contributed by atoms with Crippen molar-refractivity contribution in [3.05, 3.63) is 23.3 Å². The zero-order valence-electron chi connectivity index (χ0n) is 11.0. The van der Waals surface area contributed by atoms with Crippen LogP contribution in [0.4, 0.5) is 5.82 Å². The highest BCUT2D eigenvalue weighted by Gasteiger charge is 2.25. The van der Waals surface area contributed by atoms with Crippen LogP contribution in [0, 0.1) is 0 Å². The monoisotopic (exact) mass is 260 g/mol. The SMILES string of the molecule is COc1cc(-c2cc(N)no2)c(OC)c2c1CCC2. The van der Waals surface area contributed by atoms with Crippen LogP contribution >= 0.6 is 0 Å². The molecule has 2 aromatic rings. The summed E-state index contributed by atoms with van der Waals surface area (Å²) >= 11 is 0. The first-order valence-corrected chi connectivity index (χ1v) is 6.24. The van der Waals surface area contributed by atoms with Crippen LogP contribution in [-0.2, 0) is 12.8 Å². The molecular weight excluding hydrogens is 244 g/mol. The molecule has 1 aliphatic rings. The summed E-state index contributed by atoms with van der Waals surface area (Å²) in [5.74, 6) is 2.67. The van der Waals surface area contributed by atoms with E-state index in [4.69, 9.17) is 19.7 Å². The van der Waals surface area contributed by atoms with E-state index in [-0.39, 0.29) is 0 Å². The second-order valence-electron chi connectivity index (χ2n) is 4.59. The molecule has 0 spiro atoms. The molecule has 2 N–H and O–H groups in total. The normalized spacial score (nSPS) is 13.4. The number of nitrogen functional groups attached to an aromatic ring is 1. The van der Waals surface area contributed by atoms with Gasteiger partial charge in [0.2, 0.25) is 0 Å². The smallest absolute Gasteiger partial charge is 0.172 e. The molecule has 0 saturated carbocycles. The van der Waals surface area contributed by atoms with Crippen molar-refractivity contribution in [1.29, 1.82) is 0 Å². The van der Waals surface area contributed by atoms with Gasteiger partial charge in [0.15, 0.2) is 11.6 Å². The van der Waals surface area contributed by atoms with Gasteiger partial charge in [-0.2, -0.15) is 0 Å². The van der Waals surface area contributed by atoms with Gasteiger partial charge in [-0.25, -0.2) is 0 Å². The maximum atomic E-state index is 5.61. The highest BCUT2D eigenvalue weighted by Crippen LogP contribution is 2.44. The van der Waals surface area contributed by atoms with E-state index in [1.54, 1.807) is 20.3 Å². The number of nitrogens with zero attached hydrogens (tertiary/aromatic N) is 1. The van der Waals surface area contributed by atoms with E-state index >= 15 is 0 Å². The summed E-state index contributed by atoms with van der Waals surface area (Å²) in [6, 6.07) is 3.63. The van der Waals surface area contributed by atoms with Crippen LogP contribution in [-0.4, -0.2) is 19.4 Å². The van der Waals surface area contributed by atoms with Crippen molar-refractivity contribution >= 4 is 5.82 Å². The number of benzene rings is 1.